The molecule has 0 bridgehead atoms. The lowest BCUT2D eigenvalue weighted by molar-refractivity contribution is 0.0474. The summed E-state index contributed by atoms with van der Waals surface area (Å²) in [6.45, 7) is 12.9. The topological polar surface area (TPSA) is 74.8 Å². The molecule has 0 rings (SSSR count). The predicted molar refractivity (Wildman–Crippen MR) is 98.5 cm³/mol. The third kappa shape index (κ3) is 12.7. The summed E-state index contributed by atoms with van der Waals surface area (Å²) in [5, 5.41) is 9.20. The molecule has 0 fully saturated rings. The Bertz CT molecular complexity index is 338. The number of hydrogen-bond donors (Lipinski definition) is 3. The van der Waals surface area contributed by atoms with Crippen LogP contribution in [0.3, 0.4) is 0 Å². The first-order valence-electron chi connectivity index (χ1n) is 7.05. The Morgan fingerprint density at radius 3 is 2.14 bits per heavy atom. The van der Waals surface area contributed by atoms with E-state index >= 15 is 0 Å². The molecule has 0 atom stereocenters. The monoisotopic (exact) mass is 414 g/mol. The van der Waals surface area contributed by atoms with Gasteiger partial charge in [0, 0.05) is 20.1 Å². The van der Waals surface area contributed by atoms with Gasteiger partial charge >= 0.3 is 6.09 Å². The molecule has 0 aliphatic rings. The summed E-state index contributed by atoms with van der Waals surface area (Å²) in [5.74, 6) is 0.728. The van der Waals surface area contributed by atoms with Crippen LogP contribution in [0.2, 0.25) is 0 Å². The van der Waals surface area contributed by atoms with Crippen molar-refractivity contribution in [1.82, 2.24) is 16.0 Å². The minimum absolute atomic E-state index is 0. The molecule has 21 heavy (non-hydrogen) atoms. The molecule has 0 aliphatic heterocycles. The van der Waals surface area contributed by atoms with Gasteiger partial charge in [0.15, 0.2) is 5.96 Å². The van der Waals surface area contributed by atoms with Crippen molar-refractivity contribution in [2.45, 2.75) is 59.1 Å². The van der Waals surface area contributed by atoms with Crippen molar-refractivity contribution in [3.05, 3.63) is 0 Å². The summed E-state index contributed by atoms with van der Waals surface area (Å²) in [7, 11) is 1.72. The number of nitrogens with one attached hydrogen (secondary N) is 3. The van der Waals surface area contributed by atoms with Crippen molar-refractivity contribution in [3.8, 4) is 0 Å². The van der Waals surface area contributed by atoms with E-state index in [1.54, 1.807) is 7.05 Å². The van der Waals surface area contributed by atoms with Gasteiger partial charge in [-0.1, -0.05) is 6.92 Å². The number of amides is 1. The Morgan fingerprint density at radius 2 is 1.71 bits per heavy atom. The number of rotatable bonds is 5. The fraction of sp³-hybridized carbons (Fsp3) is 0.857. The van der Waals surface area contributed by atoms with Gasteiger partial charge in [-0.2, -0.15) is 0 Å². The van der Waals surface area contributed by atoms with Crippen LogP contribution in [0.4, 0.5) is 4.79 Å². The molecule has 0 unspecified atom stereocenters. The molecule has 6 nitrogen and oxygen atoms in total. The Kier molecular flexibility index (Phi) is 10.8. The molecule has 0 aromatic heterocycles. The molecule has 0 saturated heterocycles. The number of alkyl carbamates (subject to hydrolysis) is 1. The van der Waals surface area contributed by atoms with Gasteiger partial charge in [0.05, 0.1) is 5.54 Å². The first-order chi connectivity index (χ1) is 9.09. The maximum absolute atomic E-state index is 11.8. The highest BCUT2D eigenvalue weighted by Crippen LogP contribution is 2.08. The summed E-state index contributed by atoms with van der Waals surface area (Å²) < 4.78 is 5.25. The van der Waals surface area contributed by atoms with E-state index in [0.717, 1.165) is 18.9 Å². The maximum atomic E-state index is 11.8. The number of guanidine groups is 1. The molecule has 0 spiro atoms. The number of halogens is 1. The van der Waals surface area contributed by atoms with Crippen LogP contribution >= 0.6 is 24.0 Å². The Balaban J connectivity index is 0. The van der Waals surface area contributed by atoms with Crippen molar-refractivity contribution >= 4 is 36.0 Å². The Hall–Kier alpha value is -0.730. The number of aliphatic imine (C=N–C) groups is 1. The van der Waals surface area contributed by atoms with Crippen LogP contribution in [0.5, 0.6) is 0 Å². The zero-order chi connectivity index (χ0) is 15.8. The Labute approximate surface area is 145 Å². The highest BCUT2D eigenvalue weighted by Gasteiger charge is 2.24. The summed E-state index contributed by atoms with van der Waals surface area (Å²) in [6.07, 6.45) is 0.612. The number of carbonyl (C=O) groups is 1. The van der Waals surface area contributed by atoms with Crippen LogP contribution < -0.4 is 16.0 Å². The summed E-state index contributed by atoms with van der Waals surface area (Å²) in [4.78, 5) is 15.9. The maximum Gasteiger partial charge on any atom is 0.408 e. The minimum atomic E-state index is -0.494. The van der Waals surface area contributed by atoms with Crippen LogP contribution in [0, 0.1) is 0 Å². The lowest BCUT2D eigenvalue weighted by Crippen LogP contribution is -2.54. The molecular formula is C14H31IN4O2. The van der Waals surface area contributed by atoms with E-state index in [-0.39, 0.29) is 24.0 Å². The molecular weight excluding hydrogens is 383 g/mol. The van der Waals surface area contributed by atoms with Crippen molar-refractivity contribution in [2.24, 2.45) is 4.99 Å². The van der Waals surface area contributed by atoms with Gasteiger partial charge in [0.25, 0.3) is 0 Å². The average Bonchev–Trinajstić information content (AvgIpc) is 2.25. The molecule has 3 N–H and O–H groups in total. The minimum Gasteiger partial charge on any atom is -0.444 e. The van der Waals surface area contributed by atoms with Crippen molar-refractivity contribution in [2.75, 3.05) is 20.1 Å². The van der Waals surface area contributed by atoms with E-state index in [1.165, 1.54) is 0 Å². The molecule has 0 saturated carbocycles. The van der Waals surface area contributed by atoms with Gasteiger partial charge in [0.1, 0.15) is 5.60 Å². The largest absolute Gasteiger partial charge is 0.444 e. The molecule has 0 heterocycles. The fourth-order valence-corrected chi connectivity index (χ4v) is 1.39. The molecule has 0 aliphatic carbocycles. The second-order valence-electron chi connectivity index (χ2n) is 6.36. The number of carbonyl (C=O) groups excluding carboxylic acids is 1. The molecule has 1 amide bonds. The zero-order valence-corrected chi connectivity index (χ0v) is 16.6. The van der Waals surface area contributed by atoms with Gasteiger partial charge < -0.3 is 20.7 Å². The smallest absolute Gasteiger partial charge is 0.408 e. The molecule has 0 aromatic rings. The standard InChI is InChI=1S/C14H30N4O2.HI/c1-8-9-16-11(15-7)17-10-14(5,6)18-12(19)20-13(2,3)4;/h8-10H2,1-7H3,(H,18,19)(H2,15,16,17);1H. The van der Waals surface area contributed by atoms with Crippen molar-refractivity contribution in [3.63, 3.8) is 0 Å². The second-order valence-corrected chi connectivity index (χ2v) is 6.36. The lowest BCUT2D eigenvalue weighted by atomic mass is 10.1. The third-order valence-electron chi connectivity index (χ3n) is 2.30. The first-order valence-corrected chi connectivity index (χ1v) is 7.05. The van der Waals surface area contributed by atoms with Gasteiger partial charge in [-0.3, -0.25) is 4.99 Å². The first kappa shape index (κ1) is 22.5. The fourth-order valence-electron chi connectivity index (χ4n) is 1.39. The van der Waals surface area contributed by atoms with Crippen LogP contribution in [0.1, 0.15) is 48.0 Å². The van der Waals surface area contributed by atoms with Crippen molar-refractivity contribution < 1.29 is 9.53 Å². The molecule has 0 radical (unpaired) electrons. The van der Waals surface area contributed by atoms with E-state index in [2.05, 4.69) is 27.9 Å². The summed E-state index contributed by atoms with van der Waals surface area (Å²) in [5.41, 5.74) is -0.932. The van der Waals surface area contributed by atoms with Crippen LogP contribution in [0.15, 0.2) is 4.99 Å². The number of ether oxygens (including phenoxy) is 1. The van der Waals surface area contributed by atoms with E-state index < -0.39 is 17.2 Å². The van der Waals surface area contributed by atoms with E-state index in [9.17, 15) is 4.79 Å². The van der Waals surface area contributed by atoms with Crippen LogP contribution in [-0.2, 0) is 4.74 Å². The molecule has 126 valence electrons. The highest BCUT2D eigenvalue weighted by atomic mass is 127. The second kappa shape index (κ2) is 10.1. The molecule has 7 heteroatoms. The Morgan fingerprint density at radius 1 is 1.14 bits per heavy atom. The quantitative estimate of drug-likeness (QED) is 0.367. The van der Waals surface area contributed by atoms with Gasteiger partial charge in [0.2, 0.25) is 0 Å². The van der Waals surface area contributed by atoms with E-state index in [0.29, 0.717) is 6.54 Å². The van der Waals surface area contributed by atoms with E-state index in [1.807, 2.05) is 34.6 Å². The average molecular weight is 414 g/mol. The van der Waals surface area contributed by atoms with Crippen LogP contribution in [0.25, 0.3) is 0 Å². The van der Waals surface area contributed by atoms with E-state index in [4.69, 9.17) is 4.74 Å². The predicted octanol–water partition coefficient (Wildman–Crippen LogP) is 2.48. The van der Waals surface area contributed by atoms with Gasteiger partial charge in [-0.15, -0.1) is 24.0 Å². The SMILES string of the molecule is CCCNC(=NC)NCC(C)(C)NC(=O)OC(C)(C)C.I. The number of nitrogens with zero attached hydrogens (tertiary/aromatic N) is 1. The van der Waals surface area contributed by atoms with Crippen LogP contribution in [-0.4, -0.2) is 43.3 Å². The highest BCUT2D eigenvalue weighted by molar-refractivity contribution is 14.0. The summed E-state index contributed by atoms with van der Waals surface area (Å²) >= 11 is 0. The normalized spacial score (nSPS) is 12.2. The lowest BCUT2D eigenvalue weighted by Gasteiger charge is -2.29. The molecule has 0 aromatic carbocycles. The zero-order valence-electron chi connectivity index (χ0n) is 14.3. The van der Waals surface area contributed by atoms with Crippen molar-refractivity contribution in [1.29, 1.82) is 0 Å². The van der Waals surface area contributed by atoms with Gasteiger partial charge in [-0.05, 0) is 41.0 Å². The summed E-state index contributed by atoms with van der Waals surface area (Å²) in [6, 6.07) is 0. The third-order valence-corrected chi connectivity index (χ3v) is 2.30. The number of hydrogen-bond acceptors (Lipinski definition) is 3. The van der Waals surface area contributed by atoms with Gasteiger partial charge in [-0.25, -0.2) is 4.79 Å².